The van der Waals surface area contributed by atoms with Gasteiger partial charge in [0.25, 0.3) is 0 Å². The third-order valence-electron chi connectivity index (χ3n) is 3.44. The molecule has 0 spiro atoms. The van der Waals surface area contributed by atoms with Crippen molar-refractivity contribution in [3.63, 3.8) is 0 Å². The normalized spacial score (nSPS) is 14.9. The van der Waals surface area contributed by atoms with E-state index in [1.165, 1.54) is 0 Å². The summed E-state index contributed by atoms with van der Waals surface area (Å²) in [6, 6.07) is 3.74. The molecule has 0 saturated carbocycles. The lowest BCUT2D eigenvalue weighted by Crippen LogP contribution is -2.54. The Morgan fingerprint density at radius 1 is 1.10 bits per heavy atom. The second kappa shape index (κ2) is 7.42. The molecule has 0 fully saturated rings. The van der Waals surface area contributed by atoms with Gasteiger partial charge in [-0.2, -0.15) is 0 Å². The highest BCUT2D eigenvalue weighted by Gasteiger charge is 2.27. The summed E-state index contributed by atoms with van der Waals surface area (Å²) in [4.78, 5) is 0. The molecule has 0 bridgehead atoms. The summed E-state index contributed by atoms with van der Waals surface area (Å²) >= 11 is 3.46. The second-order valence-corrected chi connectivity index (χ2v) is 5.92. The van der Waals surface area contributed by atoms with Gasteiger partial charge in [-0.05, 0) is 33.6 Å². The molecule has 1 aliphatic rings. The first-order valence-corrected chi connectivity index (χ1v) is 7.59. The second-order valence-electron chi connectivity index (χ2n) is 5.06. The number of halogens is 1. The van der Waals surface area contributed by atoms with E-state index in [0.717, 1.165) is 16.5 Å². The van der Waals surface area contributed by atoms with Gasteiger partial charge in [-0.15, -0.1) is 0 Å². The van der Waals surface area contributed by atoms with Crippen LogP contribution in [0.15, 0.2) is 16.6 Å². The third-order valence-corrected chi connectivity index (χ3v) is 4.03. The van der Waals surface area contributed by atoms with E-state index in [9.17, 15) is 15.3 Å². The van der Waals surface area contributed by atoms with Gasteiger partial charge in [-0.25, -0.2) is 0 Å². The molecular weight excluding hydrogens is 342 g/mol. The van der Waals surface area contributed by atoms with Crippen molar-refractivity contribution in [3.8, 4) is 11.5 Å². The van der Waals surface area contributed by atoms with E-state index in [0.29, 0.717) is 31.3 Å². The summed E-state index contributed by atoms with van der Waals surface area (Å²) in [5.41, 5.74) is -0.206. The Kier molecular flexibility index (Phi) is 5.83. The largest absolute Gasteiger partial charge is 0.490 e. The van der Waals surface area contributed by atoms with Gasteiger partial charge in [0.15, 0.2) is 11.5 Å². The number of aliphatic hydroxyl groups is 3. The Balaban J connectivity index is 2.14. The minimum absolute atomic E-state index is 0.355. The van der Waals surface area contributed by atoms with E-state index in [2.05, 4.69) is 21.2 Å². The summed E-state index contributed by atoms with van der Waals surface area (Å²) < 4.78 is 12.1. The van der Waals surface area contributed by atoms with Crippen LogP contribution in [-0.2, 0) is 6.54 Å². The zero-order valence-electron chi connectivity index (χ0n) is 11.6. The first kappa shape index (κ1) is 16.5. The molecule has 1 aromatic rings. The molecule has 4 N–H and O–H groups in total. The van der Waals surface area contributed by atoms with Crippen molar-refractivity contribution in [2.75, 3.05) is 33.0 Å². The van der Waals surface area contributed by atoms with Crippen molar-refractivity contribution >= 4 is 15.9 Å². The Bertz CT molecular complexity index is 470. The van der Waals surface area contributed by atoms with E-state index in [-0.39, 0.29) is 19.8 Å². The van der Waals surface area contributed by atoms with Crippen molar-refractivity contribution in [2.45, 2.75) is 18.5 Å². The van der Waals surface area contributed by atoms with Crippen molar-refractivity contribution in [3.05, 3.63) is 22.2 Å². The number of rotatable bonds is 6. The van der Waals surface area contributed by atoms with Gasteiger partial charge in [0.2, 0.25) is 0 Å². The van der Waals surface area contributed by atoms with Crippen LogP contribution in [0.5, 0.6) is 11.5 Å². The van der Waals surface area contributed by atoms with E-state index >= 15 is 0 Å². The van der Waals surface area contributed by atoms with Crippen molar-refractivity contribution in [2.24, 2.45) is 0 Å². The molecule has 7 heteroatoms. The van der Waals surface area contributed by atoms with Crippen LogP contribution in [0.1, 0.15) is 12.0 Å². The Morgan fingerprint density at radius 3 is 2.43 bits per heavy atom. The van der Waals surface area contributed by atoms with E-state index < -0.39 is 5.54 Å². The van der Waals surface area contributed by atoms with Crippen LogP contribution < -0.4 is 14.8 Å². The monoisotopic (exact) mass is 361 g/mol. The van der Waals surface area contributed by atoms with Crippen LogP contribution in [0.4, 0.5) is 0 Å². The lowest BCUT2D eigenvalue weighted by Gasteiger charge is -2.29. The van der Waals surface area contributed by atoms with Gasteiger partial charge in [0.05, 0.1) is 43.0 Å². The number of benzene rings is 1. The number of ether oxygens (including phenoxy) is 2. The highest BCUT2D eigenvalue weighted by Crippen LogP contribution is 2.38. The average Bonchev–Trinajstić information content (AvgIpc) is 2.75. The van der Waals surface area contributed by atoms with Crippen LogP contribution in [-0.4, -0.2) is 53.9 Å². The van der Waals surface area contributed by atoms with Crippen LogP contribution in [0, 0.1) is 0 Å². The van der Waals surface area contributed by atoms with Crippen molar-refractivity contribution < 1.29 is 24.8 Å². The Morgan fingerprint density at radius 2 is 1.76 bits per heavy atom. The summed E-state index contributed by atoms with van der Waals surface area (Å²) in [6.45, 7) is 0.524. The quantitative estimate of drug-likeness (QED) is 0.586. The first-order valence-electron chi connectivity index (χ1n) is 6.80. The van der Waals surface area contributed by atoms with Gasteiger partial charge in [0, 0.05) is 13.0 Å². The fourth-order valence-electron chi connectivity index (χ4n) is 1.99. The van der Waals surface area contributed by atoms with Crippen molar-refractivity contribution in [1.82, 2.24) is 5.32 Å². The Labute approximate surface area is 131 Å². The fraction of sp³-hybridized carbons (Fsp3) is 0.571. The van der Waals surface area contributed by atoms with Crippen LogP contribution in [0.2, 0.25) is 0 Å². The van der Waals surface area contributed by atoms with Gasteiger partial charge in [0.1, 0.15) is 0 Å². The highest BCUT2D eigenvalue weighted by atomic mass is 79.9. The fourth-order valence-corrected chi connectivity index (χ4v) is 2.60. The lowest BCUT2D eigenvalue weighted by molar-refractivity contribution is 0.0413. The molecule has 2 rings (SSSR count). The predicted octanol–water partition coefficient (Wildman–Crippen LogP) is 0.416. The molecule has 1 aliphatic heterocycles. The number of nitrogens with one attached hydrogen (secondary N) is 1. The predicted molar refractivity (Wildman–Crippen MR) is 80.6 cm³/mol. The molecule has 21 heavy (non-hydrogen) atoms. The molecule has 1 heterocycles. The van der Waals surface area contributed by atoms with Crippen LogP contribution >= 0.6 is 15.9 Å². The topological polar surface area (TPSA) is 91.2 Å². The summed E-state index contributed by atoms with van der Waals surface area (Å²) in [7, 11) is 0. The third kappa shape index (κ3) is 3.87. The minimum atomic E-state index is -1.10. The number of fused-ring (bicyclic) bond motifs is 1. The summed E-state index contributed by atoms with van der Waals surface area (Å²) in [5.74, 6) is 1.36. The zero-order valence-corrected chi connectivity index (χ0v) is 13.2. The highest BCUT2D eigenvalue weighted by molar-refractivity contribution is 9.10. The van der Waals surface area contributed by atoms with Gasteiger partial charge in [-0.3, -0.25) is 0 Å². The smallest absolute Gasteiger partial charge is 0.175 e. The maximum absolute atomic E-state index is 9.30. The first-order chi connectivity index (χ1) is 10.1. The molecule has 118 valence electrons. The molecule has 6 nitrogen and oxygen atoms in total. The van der Waals surface area contributed by atoms with Crippen molar-refractivity contribution in [1.29, 1.82) is 0 Å². The molecule has 0 aromatic heterocycles. The summed E-state index contributed by atoms with van der Waals surface area (Å²) in [5, 5.41) is 30.9. The van der Waals surface area contributed by atoms with Crippen LogP contribution in [0.25, 0.3) is 0 Å². The number of hydrogen-bond donors (Lipinski definition) is 4. The average molecular weight is 362 g/mol. The standard InChI is InChI=1S/C14H20BrNO5/c15-11-4-10(6-16-14(7-17,8-18)9-19)5-12-13(11)21-3-1-2-20-12/h4-5,16-19H,1-3,6-9H2. The zero-order chi connectivity index (χ0) is 15.3. The summed E-state index contributed by atoms with van der Waals surface area (Å²) in [6.07, 6.45) is 0.831. The number of aliphatic hydroxyl groups excluding tert-OH is 3. The Hall–Kier alpha value is -0.860. The lowest BCUT2D eigenvalue weighted by atomic mass is 10.0. The van der Waals surface area contributed by atoms with Crippen LogP contribution in [0.3, 0.4) is 0 Å². The van der Waals surface area contributed by atoms with Gasteiger partial charge >= 0.3 is 0 Å². The molecule has 0 amide bonds. The molecule has 0 saturated heterocycles. The maximum Gasteiger partial charge on any atom is 0.175 e. The van der Waals surface area contributed by atoms with Gasteiger partial charge in [-0.1, -0.05) is 0 Å². The van der Waals surface area contributed by atoms with E-state index in [1.54, 1.807) is 0 Å². The molecule has 0 unspecified atom stereocenters. The molecule has 0 aliphatic carbocycles. The molecule has 0 atom stereocenters. The van der Waals surface area contributed by atoms with Gasteiger partial charge < -0.3 is 30.1 Å². The molecule has 0 radical (unpaired) electrons. The minimum Gasteiger partial charge on any atom is -0.490 e. The van der Waals surface area contributed by atoms with E-state index in [1.807, 2.05) is 12.1 Å². The number of hydrogen-bond acceptors (Lipinski definition) is 6. The molecular formula is C14H20BrNO5. The maximum atomic E-state index is 9.30. The molecule has 1 aromatic carbocycles. The van der Waals surface area contributed by atoms with E-state index in [4.69, 9.17) is 9.47 Å². The SMILES string of the molecule is OCC(CO)(CO)NCc1cc(Br)c2c(c1)OCCCO2.